The normalized spacial score (nSPS) is 11.8. The van der Waals surface area contributed by atoms with Gasteiger partial charge in [-0.3, -0.25) is 14.9 Å². The second-order valence-electron chi connectivity index (χ2n) is 4.67. The lowest BCUT2D eigenvalue weighted by Crippen LogP contribution is -2.27. The maximum absolute atomic E-state index is 13.0. The van der Waals surface area contributed by atoms with E-state index in [0.29, 0.717) is 15.6 Å². The molecule has 0 spiro atoms. The minimum atomic E-state index is -0.491. The minimum absolute atomic E-state index is 0.0402. The summed E-state index contributed by atoms with van der Waals surface area (Å²) >= 11 is 3.13. The lowest BCUT2D eigenvalue weighted by Gasteiger charge is -2.15. The van der Waals surface area contributed by atoms with Gasteiger partial charge in [-0.15, -0.1) is 0 Å². The van der Waals surface area contributed by atoms with E-state index in [1.807, 2.05) is 0 Å². The Kier molecular flexibility index (Phi) is 4.87. The van der Waals surface area contributed by atoms with Gasteiger partial charge in [0, 0.05) is 16.6 Å². The zero-order valence-electron chi connectivity index (χ0n) is 11.5. The molecule has 0 aliphatic carbocycles. The number of carbonyl (C=O) groups is 1. The summed E-state index contributed by atoms with van der Waals surface area (Å²) in [7, 11) is 0. The van der Waals surface area contributed by atoms with Gasteiger partial charge in [0.05, 0.1) is 16.5 Å². The highest BCUT2D eigenvalue weighted by Gasteiger charge is 2.16. The molecule has 0 saturated heterocycles. The Hall–Kier alpha value is -2.28. The molecule has 1 atom stereocenters. The number of amides is 1. The van der Waals surface area contributed by atoms with Crippen LogP contribution in [0.2, 0.25) is 0 Å². The molecule has 5 nitrogen and oxygen atoms in total. The summed E-state index contributed by atoms with van der Waals surface area (Å²) in [6, 6.07) is 9.38. The predicted molar refractivity (Wildman–Crippen MR) is 83.1 cm³/mol. The topological polar surface area (TPSA) is 72.2 Å². The Morgan fingerprint density at radius 1 is 1.32 bits per heavy atom. The number of benzene rings is 2. The fourth-order valence-corrected chi connectivity index (χ4v) is 2.47. The maximum Gasteiger partial charge on any atom is 0.269 e. The van der Waals surface area contributed by atoms with E-state index < -0.39 is 22.7 Å². The predicted octanol–water partition coefficient (Wildman–Crippen LogP) is 3.99. The number of rotatable bonds is 4. The summed E-state index contributed by atoms with van der Waals surface area (Å²) in [5.74, 6) is -0.846. The van der Waals surface area contributed by atoms with E-state index in [1.54, 1.807) is 19.1 Å². The monoisotopic (exact) mass is 366 g/mol. The lowest BCUT2D eigenvalue weighted by molar-refractivity contribution is -0.384. The van der Waals surface area contributed by atoms with Gasteiger partial charge in [-0.05, 0) is 46.6 Å². The van der Waals surface area contributed by atoms with Gasteiger partial charge >= 0.3 is 0 Å². The summed E-state index contributed by atoms with van der Waals surface area (Å²) in [4.78, 5) is 22.5. The Bertz CT molecular complexity index is 736. The van der Waals surface area contributed by atoms with E-state index in [-0.39, 0.29) is 5.69 Å². The molecule has 2 aromatic carbocycles. The van der Waals surface area contributed by atoms with Crippen LogP contribution < -0.4 is 5.32 Å². The molecule has 0 radical (unpaired) electrons. The SMILES string of the molecule is CC(NC(=O)c1ccc(F)cc1Br)c1cccc([N+](=O)[O-])c1. The average molecular weight is 367 g/mol. The van der Waals surface area contributed by atoms with E-state index >= 15 is 0 Å². The van der Waals surface area contributed by atoms with Crippen molar-refractivity contribution in [2.24, 2.45) is 0 Å². The summed E-state index contributed by atoms with van der Waals surface area (Å²) in [5.41, 5.74) is 0.862. The van der Waals surface area contributed by atoms with Crippen LogP contribution in [-0.2, 0) is 0 Å². The Morgan fingerprint density at radius 3 is 2.68 bits per heavy atom. The Balaban J connectivity index is 2.17. The number of nitrogens with zero attached hydrogens (tertiary/aromatic N) is 1. The van der Waals surface area contributed by atoms with Crippen molar-refractivity contribution >= 4 is 27.5 Å². The zero-order valence-corrected chi connectivity index (χ0v) is 13.1. The highest BCUT2D eigenvalue weighted by molar-refractivity contribution is 9.10. The van der Waals surface area contributed by atoms with E-state index in [0.717, 1.165) is 0 Å². The van der Waals surface area contributed by atoms with Crippen LogP contribution in [0.1, 0.15) is 28.9 Å². The molecule has 1 unspecified atom stereocenters. The summed E-state index contributed by atoms with van der Waals surface area (Å²) in [6.07, 6.45) is 0. The first-order valence-electron chi connectivity index (χ1n) is 6.38. The van der Waals surface area contributed by atoms with Crippen LogP contribution in [0.3, 0.4) is 0 Å². The third kappa shape index (κ3) is 3.67. The van der Waals surface area contributed by atoms with E-state index in [1.165, 1.54) is 30.3 Å². The van der Waals surface area contributed by atoms with Gasteiger partial charge in [-0.1, -0.05) is 12.1 Å². The number of nitrogens with one attached hydrogen (secondary N) is 1. The quantitative estimate of drug-likeness (QED) is 0.656. The van der Waals surface area contributed by atoms with Crippen LogP contribution in [-0.4, -0.2) is 10.8 Å². The molecule has 2 aromatic rings. The van der Waals surface area contributed by atoms with Gasteiger partial charge in [-0.25, -0.2) is 4.39 Å². The Labute approximate surface area is 134 Å². The zero-order chi connectivity index (χ0) is 16.3. The fourth-order valence-electron chi connectivity index (χ4n) is 1.94. The summed E-state index contributed by atoms with van der Waals surface area (Å²) < 4.78 is 13.4. The molecule has 0 aliphatic heterocycles. The van der Waals surface area contributed by atoms with Gasteiger partial charge in [0.1, 0.15) is 5.82 Å². The number of nitro groups is 1. The molecule has 0 fully saturated rings. The lowest BCUT2D eigenvalue weighted by atomic mass is 10.1. The molecule has 2 rings (SSSR count). The molecule has 0 saturated carbocycles. The molecular formula is C15H12BrFN2O3. The molecule has 22 heavy (non-hydrogen) atoms. The number of hydrogen-bond donors (Lipinski definition) is 1. The van der Waals surface area contributed by atoms with Crippen LogP contribution in [0.4, 0.5) is 10.1 Å². The first-order chi connectivity index (χ1) is 10.4. The van der Waals surface area contributed by atoms with Crippen LogP contribution in [0.5, 0.6) is 0 Å². The first kappa shape index (κ1) is 16.1. The average Bonchev–Trinajstić information content (AvgIpc) is 2.47. The minimum Gasteiger partial charge on any atom is -0.345 e. The molecule has 114 valence electrons. The van der Waals surface area contributed by atoms with Crippen molar-refractivity contribution in [1.29, 1.82) is 0 Å². The van der Waals surface area contributed by atoms with Crippen LogP contribution in [0, 0.1) is 15.9 Å². The van der Waals surface area contributed by atoms with Crippen LogP contribution in [0.25, 0.3) is 0 Å². The number of hydrogen-bond acceptors (Lipinski definition) is 3. The molecular weight excluding hydrogens is 355 g/mol. The molecule has 0 bridgehead atoms. The van der Waals surface area contributed by atoms with Crippen molar-refractivity contribution in [3.8, 4) is 0 Å². The van der Waals surface area contributed by atoms with Crippen LogP contribution >= 0.6 is 15.9 Å². The fraction of sp³-hybridized carbons (Fsp3) is 0.133. The van der Waals surface area contributed by atoms with Gasteiger partial charge in [0.15, 0.2) is 0 Å². The van der Waals surface area contributed by atoms with Gasteiger partial charge in [0.25, 0.3) is 11.6 Å². The maximum atomic E-state index is 13.0. The van der Waals surface area contributed by atoms with E-state index in [9.17, 15) is 19.3 Å². The van der Waals surface area contributed by atoms with Gasteiger partial charge in [-0.2, -0.15) is 0 Å². The van der Waals surface area contributed by atoms with Crippen molar-refractivity contribution in [2.75, 3.05) is 0 Å². The molecule has 1 N–H and O–H groups in total. The molecule has 0 heterocycles. The standard InChI is InChI=1S/C15H12BrFN2O3/c1-9(10-3-2-4-12(7-10)19(21)22)18-15(20)13-6-5-11(17)8-14(13)16/h2-9H,1H3,(H,18,20). The largest absolute Gasteiger partial charge is 0.345 e. The molecule has 0 aliphatic rings. The number of nitro benzene ring substituents is 1. The second-order valence-corrected chi connectivity index (χ2v) is 5.53. The highest BCUT2D eigenvalue weighted by atomic mass is 79.9. The van der Waals surface area contributed by atoms with E-state index in [2.05, 4.69) is 21.2 Å². The van der Waals surface area contributed by atoms with Crippen molar-refractivity contribution < 1.29 is 14.1 Å². The molecule has 1 amide bonds. The summed E-state index contributed by atoms with van der Waals surface area (Å²) in [6.45, 7) is 1.72. The third-order valence-corrected chi connectivity index (χ3v) is 3.76. The first-order valence-corrected chi connectivity index (χ1v) is 7.18. The van der Waals surface area contributed by atoms with Gasteiger partial charge in [0.2, 0.25) is 0 Å². The van der Waals surface area contributed by atoms with Crippen molar-refractivity contribution in [3.63, 3.8) is 0 Å². The van der Waals surface area contributed by atoms with Gasteiger partial charge < -0.3 is 5.32 Å². The molecule has 7 heteroatoms. The number of non-ortho nitro benzene ring substituents is 1. The van der Waals surface area contributed by atoms with Crippen molar-refractivity contribution in [1.82, 2.24) is 5.32 Å². The highest BCUT2D eigenvalue weighted by Crippen LogP contribution is 2.21. The summed E-state index contributed by atoms with van der Waals surface area (Å²) in [5, 5.41) is 13.5. The van der Waals surface area contributed by atoms with Crippen LogP contribution in [0.15, 0.2) is 46.9 Å². The van der Waals surface area contributed by atoms with Crippen molar-refractivity contribution in [2.45, 2.75) is 13.0 Å². The molecule has 0 aromatic heterocycles. The van der Waals surface area contributed by atoms with Crippen molar-refractivity contribution in [3.05, 3.63) is 74.0 Å². The number of halogens is 2. The third-order valence-electron chi connectivity index (χ3n) is 3.10. The Morgan fingerprint density at radius 2 is 2.05 bits per heavy atom. The number of carbonyl (C=O) groups excluding carboxylic acids is 1. The van der Waals surface area contributed by atoms with E-state index in [4.69, 9.17) is 0 Å². The second kappa shape index (κ2) is 6.65. The smallest absolute Gasteiger partial charge is 0.269 e.